The van der Waals surface area contributed by atoms with Gasteiger partial charge in [0.2, 0.25) is 0 Å². The maximum absolute atomic E-state index is 5.43. The van der Waals surface area contributed by atoms with Gasteiger partial charge in [0.1, 0.15) is 5.76 Å². The number of aromatic nitrogens is 2. The average Bonchev–Trinajstić information content (AvgIpc) is 2.94. The lowest BCUT2D eigenvalue weighted by molar-refractivity contribution is 0.489. The maximum Gasteiger partial charge on any atom is 0.105 e. The third-order valence-electron chi connectivity index (χ3n) is 3.42. The van der Waals surface area contributed by atoms with E-state index in [0.29, 0.717) is 0 Å². The van der Waals surface area contributed by atoms with Crippen molar-refractivity contribution in [2.75, 3.05) is 6.54 Å². The van der Waals surface area contributed by atoms with Crippen LogP contribution in [0.15, 0.2) is 22.8 Å². The second-order valence-corrected chi connectivity index (χ2v) is 4.84. The van der Waals surface area contributed by atoms with Crippen LogP contribution < -0.4 is 5.32 Å². The molecular weight excluding hydrogens is 238 g/mol. The SMILES string of the molecule is CCNC(Cc1cc(C)nn1CC)c1ccoc1C. The molecular formula is C15H23N3O. The van der Waals surface area contributed by atoms with E-state index in [9.17, 15) is 0 Å². The van der Waals surface area contributed by atoms with Crippen LogP contribution in [0.1, 0.15) is 42.6 Å². The van der Waals surface area contributed by atoms with E-state index in [1.807, 2.05) is 13.8 Å². The molecule has 0 aliphatic heterocycles. The Morgan fingerprint density at radius 2 is 2.16 bits per heavy atom. The van der Waals surface area contributed by atoms with E-state index in [1.54, 1.807) is 6.26 Å². The van der Waals surface area contributed by atoms with Crippen molar-refractivity contribution in [1.82, 2.24) is 15.1 Å². The molecule has 0 bridgehead atoms. The summed E-state index contributed by atoms with van der Waals surface area (Å²) in [6.45, 7) is 10.2. The third-order valence-corrected chi connectivity index (χ3v) is 3.42. The first-order valence-electron chi connectivity index (χ1n) is 6.96. The molecule has 0 radical (unpaired) electrons. The van der Waals surface area contributed by atoms with Crippen molar-refractivity contribution < 1.29 is 4.42 Å². The second-order valence-electron chi connectivity index (χ2n) is 4.84. The zero-order valence-corrected chi connectivity index (χ0v) is 12.2. The number of furan rings is 1. The number of nitrogens with one attached hydrogen (secondary N) is 1. The fourth-order valence-electron chi connectivity index (χ4n) is 2.54. The van der Waals surface area contributed by atoms with E-state index in [1.165, 1.54) is 11.3 Å². The highest BCUT2D eigenvalue weighted by atomic mass is 16.3. The number of aryl methyl sites for hydroxylation is 3. The average molecular weight is 261 g/mol. The number of nitrogens with zero attached hydrogens (tertiary/aromatic N) is 2. The van der Waals surface area contributed by atoms with Gasteiger partial charge >= 0.3 is 0 Å². The molecule has 2 rings (SSSR count). The molecule has 0 aliphatic carbocycles. The summed E-state index contributed by atoms with van der Waals surface area (Å²) in [7, 11) is 0. The Morgan fingerprint density at radius 1 is 1.37 bits per heavy atom. The zero-order valence-electron chi connectivity index (χ0n) is 12.2. The summed E-state index contributed by atoms with van der Waals surface area (Å²) < 4.78 is 7.51. The molecule has 2 aromatic rings. The number of likely N-dealkylation sites (N-methyl/N-ethyl adjacent to an activating group) is 1. The van der Waals surface area contributed by atoms with Gasteiger partial charge in [-0.3, -0.25) is 4.68 Å². The Labute approximate surface area is 114 Å². The Morgan fingerprint density at radius 3 is 2.74 bits per heavy atom. The molecule has 4 nitrogen and oxygen atoms in total. The second kappa shape index (κ2) is 6.06. The van der Waals surface area contributed by atoms with Crippen molar-refractivity contribution in [3.63, 3.8) is 0 Å². The zero-order chi connectivity index (χ0) is 13.8. The van der Waals surface area contributed by atoms with E-state index < -0.39 is 0 Å². The summed E-state index contributed by atoms with van der Waals surface area (Å²) >= 11 is 0. The topological polar surface area (TPSA) is 43.0 Å². The van der Waals surface area contributed by atoms with Crippen LogP contribution in [0, 0.1) is 13.8 Å². The quantitative estimate of drug-likeness (QED) is 0.869. The Hall–Kier alpha value is -1.55. The lowest BCUT2D eigenvalue weighted by Gasteiger charge is -2.18. The summed E-state index contributed by atoms with van der Waals surface area (Å²) in [4.78, 5) is 0. The van der Waals surface area contributed by atoms with Gasteiger partial charge in [-0.25, -0.2) is 0 Å². The smallest absolute Gasteiger partial charge is 0.105 e. The van der Waals surface area contributed by atoms with Gasteiger partial charge in [-0.05, 0) is 39.4 Å². The minimum absolute atomic E-state index is 0.283. The molecule has 2 aromatic heterocycles. The largest absolute Gasteiger partial charge is 0.469 e. The van der Waals surface area contributed by atoms with Gasteiger partial charge in [0.15, 0.2) is 0 Å². The molecule has 4 heteroatoms. The molecule has 0 aromatic carbocycles. The first kappa shape index (κ1) is 13.9. The van der Waals surface area contributed by atoms with E-state index in [-0.39, 0.29) is 6.04 Å². The van der Waals surface area contributed by atoms with Crippen molar-refractivity contribution in [1.29, 1.82) is 0 Å². The summed E-state index contributed by atoms with van der Waals surface area (Å²) in [5.41, 5.74) is 3.59. The Bertz CT molecular complexity index is 527. The molecule has 0 fully saturated rings. The number of hydrogen-bond donors (Lipinski definition) is 1. The molecule has 0 aliphatic rings. The minimum atomic E-state index is 0.283. The Balaban J connectivity index is 2.23. The van der Waals surface area contributed by atoms with Crippen LogP contribution in [0.3, 0.4) is 0 Å². The first-order valence-corrected chi connectivity index (χ1v) is 6.96. The maximum atomic E-state index is 5.43. The van der Waals surface area contributed by atoms with Crippen molar-refractivity contribution >= 4 is 0 Å². The highest BCUT2D eigenvalue weighted by molar-refractivity contribution is 5.23. The number of rotatable bonds is 6. The highest BCUT2D eigenvalue weighted by Gasteiger charge is 2.17. The molecule has 1 unspecified atom stereocenters. The van der Waals surface area contributed by atoms with Gasteiger partial charge < -0.3 is 9.73 Å². The monoisotopic (exact) mass is 261 g/mol. The molecule has 104 valence electrons. The predicted octanol–water partition coefficient (Wildman–Crippen LogP) is 3.01. The van der Waals surface area contributed by atoms with E-state index in [0.717, 1.165) is 31.0 Å². The van der Waals surface area contributed by atoms with Crippen LogP contribution in [0.2, 0.25) is 0 Å². The molecule has 1 N–H and O–H groups in total. The highest BCUT2D eigenvalue weighted by Crippen LogP contribution is 2.23. The van der Waals surface area contributed by atoms with Gasteiger partial charge in [0.25, 0.3) is 0 Å². The lowest BCUT2D eigenvalue weighted by Crippen LogP contribution is -2.24. The summed E-state index contributed by atoms with van der Waals surface area (Å²) in [5, 5.41) is 8.05. The molecule has 0 saturated heterocycles. The van der Waals surface area contributed by atoms with Gasteiger partial charge in [-0.15, -0.1) is 0 Å². The van der Waals surface area contributed by atoms with Crippen LogP contribution >= 0.6 is 0 Å². The molecule has 0 spiro atoms. The fourth-order valence-corrected chi connectivity index (χ4v) is 2.54. The van der Waals surface area contributed by atoms with Crippen LogP contribution in [-0.2, 0) is 13.0 Å². The molecule has 19 heavy (non-hydrogen) atoms. The molecule has 0 amide bonds. The van der Waals surface area contributed by atoms with E-state index in [2.05, 4.69) is 41.1 Å². The van der Waals surface area contributed by atoms with Gasteiger partial charge in [-0.1, -0.05) is 6.92 Å². The molecule has 2 heterocycles. The van der Waals surface area contributed by atoms with Gasteiger partial charge in [-0.2, -0.15) is 5.10 Å². The minimum Gasteiger partial charge on any atom is -0.469 e. The molecule has 0 saturated carbocycles. The van der Waals surface area contributed by atoms with Crippen molar-refractivity contribution in [3.05, 3.63) is 41.1 Å². The van der Waals surface area contributed by atoms with Gasteiger partial charge in [0.05, 0.1) is 12.0 Å². The van der Waals surface area contributed by atoms with Crippen LogP contribution in [0.5, 0.6) is 0 Å². The van der Waals surface area contributed by atoms with Crippen LogP contribution in [-0.4, -0.2) is 16.3 Å². The molecule has 1 atom stereocenters. The van der Waals surface area contributed by atoms with Crippen LogP contribution in [0.25, 0.3) is 0 Å². The van der Waals surface area contributed by atoms with Crippen molar-refractivity contribution in [2.24, 2.45) is 0 Å². The number of hydrogen-bond acceptors (Lipinski definition) is 3. The first-order chi connectivity index (χ1) is 9.15. The van der Waals surface area contributed by atoms with E-state index >= 15 is 0 Å². The lowest BCUT2D eigenvalue weighted by atomic mass is 10.0. The van der Waals surface area contributed by atoms with Crippen LogP contribution in [0.4, 0.5) is 0 Å². The Kier molecular flexibility index (Phi) is 4.43. The van der Waals surface area contributed by atoms with Crippen molar-refractivity contribution in [2.45, 2.75) is 46.7 Å². The predicted molar refractivity (Wildman–Crippen MR) is 76.2 cm³/mol. The van der Waals surface area contributed by atoms with E-state index in [4.69, 9.17) is 4.42 Å². The summed E-state index contributed by atoms with van der Waals surface area (Å²) in [5.74, 6) is 0.991. The van der Waals surface area contributed by atoms with Gasteiger partial charge in [0, 0.05) is 30.3 Å². The third kappa shape index (κ3) is 3.07. The fraction of sp³-hybridized carbons (Fsp3) is 0.533. The standard InChI is InChI=1S/C15H23N3O/c1-5-16-15(14-7-8-19-12(14)4)10-13-9-11(3)17-18(13)6-2/h7-9,15-16H,5-6,10H2,1-4H3. The summed E-state index contributed by atoms with van der Waals surface area (Å²) in [6.07, 6.45) is 2.69. The van der Waals surface area contributed by atoms with Crippen molar-refractivity contribution in [3.8, 4) is 0 Å². The summed E-state index contributed by atoms with van der Waals surface area (Å²) in [6, 6.07) is 4.51. The normalized spacial score (nSPS) is 12.8.